The largest absolute Gasteiger partial charge is 0.326 e. The van der Waals surface area contributed by atoms with Gasteiger partial charge in [0.15, 0.2) is 0 Å². The number of rotatable bonds is 5. The highest BCUT2D eigenvalue weighted by molar-refractivity contribution is 7.93. The molecule has 7 nitrogen and oxygen atoms in total. The van der Waals surface area contributed by atoms with Gasteiger partial charge >= 0.3 is 0 Å². The molecule has 0 unspecified atom stereocenters. The first-order valence-electron chi connectivity index (χ1n) is 9.25. The summed E-state index contributed by atoms with van der Waals surface area (Å²) in [5, 5.41) is 5.65. The van der Waals surface area contributed by atoms with Gasteiger partial charge in [0.25, 0.3) is 5.91 Å². The highest BCUT2D eigenvalue weighted by Gasteiger charge is 2.30. The Morgan fingerprint density at radius 3 is 2.36 bits per heavy atom. The van der Waals surface area contributed by atoms with Gasteiger partial charge in [0, 0.05) is 29.4 Å². The van der Waals surface area contributed by atoms with Crippen molar-refractivity contribution in [3.05, 3.63) is 54.1 Å². The Kier molecular flexibility index (Phi) is 4.80. The van der Waals surface area contributed by atoms with Crippen LogP contribution in [0.25, 0.3) is 0 Å². The molecule has 0 spiro atoms. The number of amides is 2. The Labute approximate surface area is 163 Å². The van der Waals surface area contributed by atoms with Crippen molar-refractivity contribution in [1.29, 1.82) is 0 Å². The summed E-state index contributed by atoms with van der Waals surface area (Å²) in [5.41, 5.74) is 2.05. The van der Waals surface area contributed by atoms with Crippen LogP contribution in [0.1, 0.15) is 29.6 Å². The van der Waals surface area contributed by atoms with Gasteiger partial charge in [-0.2, -0.15) is 0 Å². The topological polar surface area (TPSA) is 95.6 Å². The van der Waals surface area contributed by atoms with Gasteiger partial charge in [0.05, 0.1) is 11.4 Å². The molecule has 0 bridgehead atoms. The highest BCUT2D eigenvalue weighted by Crippen LogP contribution is 2.30. The van der Waals surface area contributed by atoms with Crippen molar-refractivity contribution in [2.45, 2.75) is 19.3 Å². The van der Waals surface area contributed by atoms with Crippen molar-refractivity contribution in [1.82, 2.24) is 0 Å². The van der Waals surface area contributed by atoms with E-state index >= 15 is 0 Å². The molecule has 2 fully saturated rings. The molecule has 2 N–H and O–H groups in total. The number of carbonyl (C=O) groups excluding carboxylic acids is 2. The standard InChI is InChI=1S/C20H21N3O4S/c24-19(14-8-9-14)21-16-5-2-6-17(13-16)22-20(25)15-4-1-7-18(12-15)23-10-3-11-28(23,26)27/h1-2,4-7,12-14H,3,8-11H2,(H,21,24)(H,22,25). The summed E-state index contributed by atoms with van der Waals surface area (Å²) in [5.74, 6) is -0.113. The highest BCUT2D eigenvalue weighted by atomic mass is 32.2. The molecule has 8 heteroatoms. The van der Waals surface area contributed by atoms with Gasteiger partial charge in [0.2, 0.25) is 15.9 Å². The lowest BCUT2D eigenvalue weighted by Gasteiger charge is -2.17. The van der Waals surface area contributed by atoms with Gasteiger partial charge in [-0.05, 0) is 55.7 Å². The molecule has 0 atom stereocenters. The molecule has 0 aromatic heterocycles. The van der Waals surface area contributed by atoms with Crippen LogP contribution >= 0.6 is 0 Å². The Hall–Kier alpha value is -2.87. The lowest BCUT2D eigenvalue weighted by atomic mass is 10.1. The van der Waals surface area contributed by atoms with E-state index < -0.39 is 10.0 Å². The van der Waals surface area contributed by atoms with Crippen LogP contribution < -0.4 is 14.9 Å². The molecular formula is C20H21N3O4S. The van der Waals surface area contributed by atoms with Crippen molar-refractivity contribution in [2.75, 3.05) is 27.2 Å². The predicted octanol–water partition coefficient (Wildman–Crippen LogP) is 2.83. The van der Waals surface area contributed by atoms with Crippen molar-refractivity contribution in [3.63, 3.8) is 0 Å². The number of hydrogen-bond acceptors (Lipinski definition) is 4. The minimum Gasteiger partial charge on any atom is -0.326 e. The molecule has 0 radical (unpaired) electrons. The second-order valence-corrected chi connectivity index (χ2v) is 9.10. The van der Waals surface area contributed by atoms with Crippen molar-refractivity contribution in [2.24, 2.45) is 5.92 Å². The first-order valence-corrected chi connectivity index (χ1v) is 10.9. The third kappa shape index (κ3) is 4.01. The van der Waals surface area contributed by atoms with Crippen LogP contribution in [0.4, 0.5) is 17.1 Å². The number of carbonyl (C=O) groups is 2. The van der Waals surface area contributed by atoms with Crippen LogP contribution in [0.3, 0.4) is 0 Å². The maximum absolute atomic E-state index is 12.6. The third-order valence-electron chi connectivity index (χ3n) is 4.83. The number of nitrogens with zero attached hydrogens (tertiary/aromatic N) is 1. The Morgan fingerprint density at radius 1 is 0.964 bits per heavy atom. The molecule has 2 aliphatic rings. The minimum atomic E-state index is -3.30. The molecule has 1 saturated carbocycles. The molecule has 28 heavy (non-hydrogen) atoms. The normalized spacial score (nSPS) is 17.9. The number of anilines is 3. The minimum absolute atomic E-state index is 0.00278. The third-order valence-corrected chi connectivity index (χ3v) is 6.70. The molecule has 4 rings (SSSR count). The molecule has 2 amide bonds. The van der Waals surface area contributed by atoms with Crippen LogP contribution in [-0.2, 0) is 14.8 Å². The quantitative estimate of drug-likeness (QED) is 0.808. The summed E-state index contributed by atoms with van der Waals surface area (Å²) in [6.07, 6.45) is 2.43. The number of hydrogen-bond donors (Lipinski definition) is 2. The molecule has 1 aliphatic heterocycles. The second-order valence-electron chi connectivity index (χ2n) is 7.09. The molecule has 1 saturated heterocycles. The monoisotopic (exact) mass is 399 g/mol. The van der Waals surface area contributed by atoms with E-state index in [9.17, 15) is 18.0 Å². The lowest BCUT2D eigenvalue weighted by Crippen LogP contribution is -2.25. The Morgan fingerprint density at radius 2 is 1.68 bits per heavy atom. The first kappa shape index (κ1) is 18.5. The van der Waals surface area contributed by atoms with Crippen LogP contribution in [0.2, 0.25) is 0 Å². The van der Waals surface area contributed by atoms with E-state index in [2.05, 4.69) is 10.6 Å². The summed E-state index contributed by atoms with van der Waals surface area (Å²) in [6.45, 7) is 0.427. The van der Waals surface area contributed by atoms with E-state index in [0.29, 0.717) is 35.6 Å². The molecule has 146 valence electrons. The average molecular weight is 399 g/mol. The number of benzene rings is 2. The average Bonchev–Trinajstić information content (AvgIpc) is 3.45. The maximum Gasteiger partial charge on any atom is 0.255 e. The molecule has 2 aromatic rings. The molecule has 1 heterocycles. The van der Waals surface area contributed by atoms with Crippen LogP contribution in [0.5, 0.6) is 0 Å². The summed E-state index contributed by atoms with van der Waals surface area (Å²) >= 11 is 0. The zero-order chi connectivity index (χ0) is 19.7. The summed E-state index contributed by atoms with van der Waals surface area (Å²) in [7, 11) is -3.30. The fraction of sp³-hybridized carbons (Fsp3) is 0.300. The lowest BCUT2D eigenvalue weighted by molar-refractivity contribution is -0.117. The first-order chi connectivity index (χ1) is 13.4. The van der Waals surface area contributed by atoms with Gasteiger partial charge in [-0.1, -0.05) is 12.1 Å². The fourth-order valence-corrected chi connectivity index (χ4v) is 4.76. The van der Waals surface area contributed by atoms with Crippen molar-refractivity contribution in [3.8, 4) is 0 Å². The van der Waals surface area contributed by atoms with Gasteiger partial charge in [-0.3, -0.25) is 13.9 Å². The zero-order valence-corrected chi connectivity index (χ0v) is 16.0. The van der Waals surface area contributed by atoms with E-state index in [1.54, 1.807) is 48.5 Å². The molecule has 2 aromatic carbocycles. The summed E-state index contributed by atoms with van der Waals surface area (Å²) in [4.78, 5) is 24.5. The van der Waals surface area contributed by atoms with E-state index in [-0.39, 0.29) is 23.5 Å². The van der Waals surface area contributed by atoms with Crippen LogP contribution in [-0.4, -0.2) is 32.5 Å². The van der Waals surface area contributed by atoms with Gasteiger partial charge < -0.3 is 10.6 Å². The maximum atomic E-state index is 12.6. The Balaban J connectivity index is 1.48. The van der Waals surface area contributed by atoms with Crippen molar-refractivity contribution < 1.29 is 18.0 Å². The SMILES string of the molecule is O=C(Nc1cccc(NC(=O)C2CC2)c1)c1cccc(N2CCCS2(=O)=O)c1. The number of sulfonamides is 1. The smallest absolute Gasteiger partial charge is 0.255 e. The molecular weight excluding hydrogens is 378 g/mol. The second kappa shape index (κ2) is 7.27. The van der Waals surface area contributed by atoms with Crippen LogP contribution in [0, 0.1) is 5.92 Å². The predicted molar refractivity (Wildman–Crippen MR) is 108 cm³/mol. The van der Waals surface area contributed by atoms with E-state index in [1.165, 1.54) is 4.31 Å². The van der Waals surface area contributed by atoms with Crippen LogP contribution in [0.15, 0.2) is 48.5 Å². The van der Waals surface area contributed by atoms with Gasteiger partial charge in [0.1, 0.15) is 0 Å². The van der Waals surface area contributed by atoms with E-state index in [1.807, 2.05) is 0 Å². The van der Waals surface area contributed by atoms with E-state index in [0.717, 1.165) is 12.8 Å². The van der Waals surface area contributed by atoms with Crippen molar-refractivity contribution >= 4 is 38.9 Å². The number of nitrogens with one attached hydrogen (secondary N) is 2. The summed E-state index contributed by atoms with van der Waals surface area (Å²) in [6, 6.07) is 13.5. The molecule has 1 aliphatic carbocycles. The summed E-state index contributed by atoms with van der Waals surface area (Å²) < 4.78 is 25.6. The Bertz CT molecular complexity index is 1030. The van der Waals surface area contributed by atoms with Gasteiger partial charge in [-0.25, -0.2) is 8.42 Å². The van der Waals surface area contributed by atoms with Gasteiger partial charge in [-0.15, -0.1) is 0 Å². The van der Waals surface area contributed by atoms with E-state index in [4.69, 9.17) is 0 Å². The fourth-order valence-electron chi connectivity index (χ4n) is 3.20. The zero-order valence-electron chi connectivity index (χ0n) is 15.2.